The average Bonchev–Trinajstić information content (AvgIpc) is 3.06. The number of carbonyl (C=O) groups excluding carboxylic acids is 1. The minimum atomic E-state index is -0.459. The highest BCUT2D eigenvalue weighted by Crippen LogP contribution is 2.48. The summed E-state index contributed by atoms with van der Waals surface area (Å²) in [6.07, 6.45) is 7.09. The van der Waals surface area contributed by atoms with E-state index in [0.717, 1.165) is 18.4 Å². The van der Waals surface area contributed by atoms with Crippen LogP contribution in [0.1, 0.15) is 36.2 Å². The molecule has 2 saturated carbocycles. The second-order valence-electron chi connectivity index (χ2n) is 5.56. The lowest BCUT2D eigenvalue weighted by Crippen LogP contribution is -2.18. The van der Waals surface area contributed by atoms with E-state index in [4.69, 9.17) is 5.73 Å². The number of fused-ring (bicyclic) bond motifs is 2. The van der Waals surface area contributed by atoms with Gasteiger partial charge in [0.2, 0.25) is 0 Å². The molecule has 5 nitrogen and oxygen atoms in total. The number of aromatic nitrogens is 2. The van der Waals surface area contributed by atoms with Gasteiger partial charge in [-0.1, -0.05) is 6.42 Å². The second-order valence-corrected chi connectivity index (χ2v) is 5.56. The van der Waals surface area contributed by atoms with E-state index in [0.29, 0.717) is 11.7 Å². The van der Waals surface area contributed by atoms with E-state index in [-0.39, 0.29) is 5.69 Å². The van der Waals surface area contributed by atoms with Crippen molar-refractivity contribution in [3.8, 4) is 0 Å². The fourth-order valence-electron chi connectivity index (χ4n) is 3.64. The third-order valence-electron chi connectivity index (χ3n) is 4.57. The highest BCUT2D eigenvalue weighted by molar-refractivity contribution is 5.92. The molecule has 2 N–H and O–H groups in total. The van der Waals surface area contributed by atoms with Gasteiger partial charge in [-0.15, -0.1) is 0 Å². The second kappa shape index (κ2) is 4.30. The van der Waals surface area contributed by atoms with Gasteiger partial charge in [-0.2, -0.15) is 0 Å². The summed E-state index contributed by atoms with van der Waals surface area (Å²) in [6.45, 7) is 0.886. The summed E-state index contributed by atoms with van der Waals surface area (Å²) in [7, 11) is 1.34. The molecule has 0 amide bonds. The van der Waals surface area contributed by atoms with Crippen LogP contribution in [0.3, 0.4) is 0 Å². The fourth-order valence-corrected chi connectivity index (χ4v) is 3.64. The zero-order chi connectivity index (χ0) is 12.7. The number of rotatable bonds is 3. The third kappa shape index (κ3) is 1.78. The average molecular weight is 249 g/mol. The molecule has 0 aromatic carbocycles. The number of ether oxygens (including phenoxy) is 1. The van der Waals surface area contributed by atoms with Gasteiger partial charge in [-0.05, 0) is 37.0 Å². The van der Waals surface area contributed by atoms with Gasteiger partial charge in [0.25, 0.3) is 0 Å². The van der Waals surface area contributed by atoms with E-state index in [1.54, 1.807) is 6.33 Å². The van der Waals surface area contributed by atoms with Crippen molar-refractivity contribution in [3.05, 3.63) is 12.0 Å². The van der Waals surface area contributed by atoms with E-state index in [2.05, 4.69) is 9.72 Å². The van der Waals surface area contributed by atoms with Crippen LogP contribution in [-0.4, -0.2) is 22.6 Å². The van der Waals surface area contributed by atoms with Crippen molar-refractivity contribution in [2.75, 3.05) is 12.8 Å². The van der Waals surface area contributed by atoms with Crippen molar-refractivity contribution in [2.24, 2.45) is 17.8 Å². The summed E-state index contributed by atoms with van der Waals surface area (Å²) in [5.41, 5.74) is 6.19. The number of nitrogens with two attached hydrogens (primary N) is 1. The highest BCUT2D eigenvalue weighted by atomic mass is 16.5. The molecule has 98 valence electrons. The number of nitrogens with zero attached hydrogens (tertiary/aromatic N) is 2. The first-order chi connectivity index (χ1) is 8.69. The van der Waals surface area contributed by atoms with E-state index in [1.807, 2.05) is 4.57 Å². The van der Waals surface area contributed by atoms with Crippen LogP contribution in [0.5, 0.6) is 0 Å². The molecule has 3 atom stereocenters. The quantitative estimate of drug-likeness (QED) is 0.827. The number of esters is 1. The zero-order valence-electron chi connectivity index (χ0n) is 10.6. The third-order valence-corrected chi connectivity index (χ3v) is 4.57. The van der Waals surface area contributed by atoms with Crippen molar-refractivity contribution in [1.29, 1.82) is 0 Å². The van der Waals surface area contributed by atoms with Gasteiger partial charge >= 0.3 is 5.97 Å². The Morgan fingerprint density at radius 3 is 3.00 bits per heavy atom. The normalized spacial score (nSPS) is 29.7. The summed E-state index contributed by atoms with van der Waals surface area (Å²) in [6, 6.07) is 0. The van der Waals surface area contributed by atoms with Gasteiger partial charge < -0.3 is 15.0 Å². The Balaban J connectivity index is 1.73. The van der Waals surface area contributed by atoms with E-state index >= 15 is 0 Å². The van der Waals surface area contributed by atoms with Gasteiger partial charge in [0.1, 0.15) is 5.82 Å². The maximum Gasteiger partial charge on any atom is 0.360 e. The smallest absolute Gasteiger partial charge is 0.360 e. The van der Waals surface area contributed by atoms with E-state index in [1.165, 1.54) is 32.8 Å². The topological polar surface area (TPSA) is 70.1 Å². The summed E-state index contributed by atoms with van der Waals surface area (Å²) >= 11 is 0. The van der Waals surface area contributed by atoms with Gasteiger partial charge in [-0.3, -0.25) is 0 Å². The molecule has 2 bridgehead atoms. The summed E-state index contributed by atoms with van der Waals surface area (Å²) in [4.78, 5) is 15.5. The lowest BCUT2D eigenvalue weighted by Gasteiger charge is -2.22. The predicted octanol–water partition coefficient (Wildman–Crippen LogP) is 1.69. The molecule has 5 heteroatoms. The van der Waals surface area contributed by atoms with Crippen LogP contribution in [-0.2, 0) is 11.3 Å². The Kier molecular flexibility index (Phi) is 2.76. The fraction of sp³-hybridized carbons (Fsp3) is 0.692. The van der Waals surface area contributed by atoms with Gasteiger partial charge in [0.05, 0.1) is 13.4 Å². The lowest BCUT2D eigenvalue weighted by atomic mass is 9.89. The molecule has 3 unspecified atom stereocenters. The summed E-state index contributed by atoms with van der Waals surface area (Å²) in [5.74, 6) is 2.44. The Hall–Kier alpha value is -1.52. The minimum absolute atomic E-state index is 0.237. The van der Waals surface area contributed by atoms with Gasteiger partial charge in [0.15, 0.2) is 5.69 Å². The Bertz CT molecular complexity index is 469. The Morgan fingerprint density at radius 2 is 2.39 bits per heavy atom. The molecule has 2 fully saturated rings. The van der Waals surface area contributed by atoms with Crippen LogP contribution in [0, 0.1) is 17.8 Å². The number of carbonyl (C=O) groups is 1. The number of anilines is 1. The number of imidazole rings is 1. The van der Waals surface area contributed by atoms with Crippen LogP contribution >= 0.6 is 0 Å². The maximum atomic E-state index is 11.4. The highest BCUT2D eigenvalue weighted by Gasteiger charge is 2.39. The summed E-state index contributed by atoms with van der Waals surface area (Å²) < 4.78 is 6.56. The molecular formula is C13H19N3O2. The van der Waals surface area contributed by atoms with Crippen molar-refractivity contribution >= 4 is 11.8 Å². The summed E-state index contributed by atoms with van der Waals surface area (Å²) in [5, 5.41) is 0. The van der Waals surface area contributed by atoms with Crippen LogP contribution in [0.15, 0.2) is 6.33 Å². The number of methoxy groups -OCH3 is 1. The van der Waals surface area contributed by atoms with E-state index < -0.39 is 5.97 Å². The van der Waals surface area contributed by atoms with Crippen molar-refractivity contribution in [1.82, 2.24) is 9.55 Å². The molecule has 0 saturated heterocycles. The van der Waals surface area contributed by atoms with Crippen molar-refractivity contribution < 1.29 is 9.53 Å². The molecule has 0 radical (unpaired) electrons. The molecule has 2 aliphatic rings. The number of hydrogen-bond acceptors (Lipinski definition) is 4. The molecule has 0 spiro atoms. The Morgan fingerprint density at radius 1 is 1.56 bits per heavy atom. The molecule has 1 aromatic rings. The van der Waals surface area contributed by atoms with E-state index in [9.17, 15) is 4.79 Å². The molecule has 2 aliphatic carbocycles. The van der Waals surface area contributed by atoms with Gasteiger partial charge in [0, 0.05) is 6.54 Å². The molecule has 1 heterocycles. The number of hydrogen-bond donors (Lipinski definition) is 1. The SMILES string of the molecule is COC(=O)c1ncn(CC2CC3CCC2C3)c1N. The monoisotopic (exact) mass is 249 g/mol. The molecule has 3 rings (SSSR count). The first kappa shape index (κ1) is 11.6. The van der Waals surface area contributed by atoms with Gasteiger partial charge in [-0.25, -0.2) is 9.78 Å². The molecule has 1 aromatic heterocycles. The zero-order valence-corrected chi connectivity index (χ0v) is 10.6. The van der Waals surface area contributed by atoms with Crippen molar-refractivity contribution in [3.63, 3.8) is 0 Å². The van der Waals surface area contributed by atoms with Crippen LogP contribution in [0.4, 0.5) is 5.82 Å². The van der Waals surface area contributed by atoms with Crippen LogP contribution < -0.4 is 5.73 Å². The first-order valence-electron chi connectivity index (χ1n) is 6.58. The standard InChI is InChI=1S/C13H19N3O2/c1-18-13(17)11-12(14)16(7-15-11)6-10-5-8-2-3-9(10)4-8/h7-10H,2-6,14H2,1H3. The number of nitrogen functional groups attached to an aromatic ring is 1. The largest absolute Gasteiger partial charge is 0.464 e. The molecule has 0 aliphatic heterocycles. The first-order valence-corrected chi connectivity index (χ1v) is 6.58. The molecule has 18 heavy (non-hydrogen) atoms. The molecular weight excluding hydrogens is 230 g/mol. The lowest BCUT2D eigenvalue weighted by molar-refractivity contribution is 0.0596. The Labute approximate surface area is 106 Å². The minimum Gasteiger partial charge on any atom is -0.464 e. The van der Waals surface area contributed by atoms with Crippen molar-refractivity contribution in [2.45, 2.75) is 32.2 Å². The van der Waals surface area contributed by atoms with Crippen LogP contribution in [0.2, 0.25) is 0 Å². The maximum absolute atomic E-state index is 11.4. The predicted molar refractivity (Wildman–Crippen MR) is 66.9 cm³/mol. The van der Waals surface area contributed by atoms with Crippen LogP contribution in [0.25, 0.3) is 0 Å².